The van der Waals surface area contributed by atoms with Crippen molar-refractivity contribution in [1.29, 1.82) is 0 Å². The maximum atomic E-state index is 5.94. The summed E-state index contributed by atoms with van der Waals surface area (Å²) in [6, 6.07) is 0.663. The van der Waals surface area contributed by atoms with E-state index in [9.17, 15) is 0 Å². The Morgan fingerprint density at radius 2 is 1.96 bits per heavy atom. The lowest BCUT2D eigenvalue weighted by Gasteiger charge is -2.27. The normalized spacial score (nSPS) is 22.8. The van der Waals surface area contributed by atoms with Gasteiger partial charge in [0.15, 0.2) is 5.96 Å². The Morgan fingerprint density at radius 3 is 2.64 bits per heavy atom. The predicted octanol–water partition coefficient (Wildman–Crippen LogP) is 1.95. The van der Waals surface area contributed by atoms with Crippen molar-refractivity contribution in [1.82, 2.24) is 15.1 Å². The van der Waals surface area contributed by atoms with Crippen LogP contribution < -0.4 is 5.32 Å². The molecule has 25 heavy (non-hydrogen) atoms. The number of hydrogen-bond donors (Lipinski definition) is 1. The van der Waals surface area contributed by atoms with E-state index in [4.69, 9.17) is 14.5 Å². The van der Waals surface area contributed by atoms with Gasteiger partial charge in [0.05, 0.1) is 6.10 Å². The van der Waals surface area contributed by atoms with Crippen LogP contribution in [-0.2, 0) is 9.47 Å². The number of nitrogens with zero attached hydrogens (tertiary/aromatic N) is 3. The van der Waals surface area contributed by atoms with E-state index >= 15 is 0 Å². The van der Waals surface area contributed by atoms with Gasteiger partial charge in [0.25, 0.3) is 0 Å². The van der Waals surface area contributed by atoms with E-state index in [1.165, 1.54) is 6.42 Å². The van der Waals surface area contributed by atoms with Crippen molar-refractivity contribution < 1.29 is 9.47 Å². The molecule has 0 saturated carbocycles. The Hall–Kier alpha value is -0.850. The fourth-order valence-corrected chi connectivity index (χ4v) is 3.74. The highest BCUT2D eigenvalue weighted by molar-refractivity contribution is 5.80. The average molecular weight is 355 g/mol. The van der Waals surface area contributed by atoms with Gasteiger partial charge >= 0.3 is 0 Å². The first-order valence-electron chi connectivity index (χ1n) is 10.2. The second kappa shape index (κ2) is 11.7. The number of likely N-dealkylation sites (N-methyl/N-ethyl adjacent to an activating group) is 1. The van der Waals surface area contributed by atoms with Gasteiger partial charge in [0, 0.05) is 52.0 Å². The minimum atomic E-state index is 0.388. The van der Waals surface area contributed by atoms with Gasteiger partial charge in [-0.05, 0) is 45.7 Å². The fourth-order valence-electron chi connectivity index (χ4n) is 3.74. The standard InChI is InChI=1S/C19H38N4O2/c1-4-20-19(23-12-8-17(16-23)22(5-2)6-3)21-11-7-13-25-18-9-14-24-15-10-18/h17-18H,4-16H2,1-3H3,(H,20,21). The van der Waals surface area contributed by atoms with Gasteiger partial charge in [0.1, 0.15) is 0 Å². The predicted molar refractivity (Wildman–Crippen MR) is 103 cm³/mol. The first-order chi connectivity index (χ1) is 12.3. The Balaban J connectivity index is 1.72. The van der Waals surface area contributed by atoms with Crippen LogP contribution in [0.25, 0.3) is 0 Å². The van der Waals surface area contributed by atoms with Gasteiger partial charge in [-0.3, -0.25) is 9.89 Å². The molecule has 0 amide bonds. The van der Waals surface area contributed by atoms with Crippen LogP contribution in [0, 0.1) is 0 Å². The largest absolute Gasteiger partial charge is 0.381 e. The number of aliphatic imine (C=N–C) groups is 1. The molecular weight excluding hydrogens is 316 g/mol. The summed E-state index contributed by atoms with van der Waals surface area (Å²) in [5.41, 5.74) is 0. The third kappa shape index (κ3) is 6.76. The molecular formula is C19H38N4O2. The van der Waals surface area contributed by atoms with E-state index in [2.05, 4.69) is 35.9 Å². The summed E-state index contributed by atoms with van der Waals surface area (Å²) < 4.78 is 11.3. The number of guanidine groups is 1. The lowest BCUT2D eigenvalue weighted by molar-refractivity contribution is -0.0318. The van der Waals surface area contributed by atoms with Crippen molar-refractivity contribution in [2.45, 2.75) is 58.6 Å². The van der Waals surface area contributed by atoms with Gasteiger partial charge < -0.3 is 19.7 Å². The maximum absolute atomic E-state index is 5.94. The van der Waals surface area contributed by atoms with Gasteiger partial charge in [-0.2, -0.15) is 0 Å². The van der Waals surface area contributed by atoms with Crippen molar-refractivity contribution in [3.63, 3.8) is 0 Å². The number of likely N-dealkylation sites (tertiary alicyclic amines) is 1. The van der Waals surface area contributed by atoms with Crippen LogP contribution in [0.1, 0.15) is 46.5 Å². The quantitative estimate of drug-likeness (QED) is 0.390. The van der Waals surface area contributed by atoms with Crippen LogP contribution in [0.15, 0.2) is 4.99 Å². The molecule has 2 fully saturated rings. The second-order valence-electron chi connectivity index (χ2n) is 6.88. The van der Waals surface area contributed by atoms with Crippen molar-refractivity contribution in [2.24, 2.45) is 4.99 Å². The fraction of sp³-hybridized carbons (Fsp3) is 0.947. The van der Waals surface area contributed by atoms with E-state index in [0.717, 1.165) is 84.3 Å². The van der Waals surface area contributed by atoms with Crippen molar-refractivity contribution >= 4 is 5.96 Å². The molecule has 6 nitrogen and oxygen atoms in total. The van der Waals surface area contributed by atoms with E-state index in [1.807, 2.05) is 0 Å². The molecule has 0 aliphatic carbocycles. The molecule has 146 valence electrons. The molecule has 2 saturated heterocycles. The lowest BCUT2D eigenvalue weighted by Crippen LogP contribution is -2.43. The zero-order valence-corrected chi connectivity index (χ0v) is 16.5. The minimum absolute atomic E-state index is 0.388. The maximum Gasteiger partial charge on any atom is 0.193 e. The third-order valence-electron chi connectivity index (χ3n) is 5.21. The van der Waals surface area contributed by atoms with Crippen molar-refractivity contribution in [2.75, 3.05) is 59.1 Å². The smallest absolute Gasteiger partial charge is 0.193 e. The third-order valence-corrected chi connectivity index (χ3v) is 5.21. The monoisotopic (exact) mass is 354 g/mol. The molecule has 0 aromatic carbocycles. The van der Waals surface area contributed by atoms with E-state index < -0.39 is 0 Å². The second-order valence-corrected chi connectivity index (χ2v) is 6.88. The highest BCUT2D eigenvalue weighted by atomic mass is 16.5. The molecule has 0 radical (unpaired) electrons. The highest BCUT2D eigenvalue weighted by Gasteiger charge is 2.27. The molecule has 1 unspecified atom stereocenters. The van der Waals surface area contributed by atoms with Crippen molar-refractivity contribution in [3.05, 3.63) is 0 Å². The molecule has 0 bridgehead atoms. The number of rotatable bonds is 9. The van der Waals surface area contributed by atoms with Crippen LogP contribution in [0.5, 0.6) is 0 Å². The molecule has 0 aromatic rings. The molecule has 6 heteroatoms. The molecule has 2 aliphatic rings. The molecule has 2 heterocycles. The summed E-state index contributed by atoms with van der Waals surface area (Å²) in [6.45, 7) is 15.3. The van der Waals surface area contributed by atoms with Crippen LogP contribution in [0.2, 0.25) is 0 Å². The lowest BCUT2D eigenvalue weighted by atomic mass is 10.1. The minimum Gasteiger partial charge on any atom is -0.381 e. The van der Waals surface area contributed by atoms with Crippen LogP contribution >= 0.6 is 0 Å². The first-order valence-corrected chi connectivity index (χ1v) is 10.2. The zero-order chi connectivity index (χ0) is 17.9. The van der Waals surface area contributed by atoms with Crippen LogP contribution in [0.4, 0.5) is 0 Å². The summed E-state index contributed by atoms with van der Waals surface area (Å²) in [5, 5.41) is 3.46. The van der Waals surface area contributed by atoms with E-state index in [-0.39, 0.29) is 0 Å². The topological polar surface area (TPSA) is 49.3 Å². The van der Waals surface area contributed by atoms with Gasteiger partial charge in [-0.25, -0.2) is 0 Å². The Labute approximate surface area is 153 Å². The van der Waals surface area contributed by atoms with Crippen LogP contribution in [0.3, 0.4) is 0 Å². The molecule has 2 rings (SSSR count). The number of hydrogen-bond acceptors (Lipinski definition) is 4. The molecule has 1 atom stereocenters. The van der Waals surface area contributed by atoms with Crippen LogP contribution in [-0.4, -0.2) is 87.0 Å². The zero-order valence-electron chi connectivity index (χ0n) is 16.5. The SMILES string of the molecule is CCNC(=NCCCOC1CCOCC1)N1CCC(N(CC)CC)C1. The summed E-state index contributed by atoms with van der Waals surface area (Å²) in [5.74, 6) is 1.07. The summed E-state index contributed by atoms with van der Waals surface area (Å²) in [4.78, 5) is 9.82. The molecule has 0 aromatic heterocycles. The van der Waals surface area contributed by atoms with E-state index in [1.54, 1.807) is 0 Å². The molecule has 2 aliphatic heterocycles. The molecule has 0 spiro atoms. The summed E-state index contributed by atoms with van der Waals surface area (Å²) in [6.07, 6.45) is 4.68. The Morgan fingerprint density at radius 1 is 1.20 bits per heavy atom. The van der Waals surface area contributed by atoms with E-state index in [0.29, 0.717) is 12.1 Å². The number of nitrogens with one attached hydrogen (secondary N) is 1. The Bertz CT molecular complexity index is 382. The van der Waals surface area contributed by atoms with Gasteiger partial charge in [-0.15, -0.1) is 0 Å². The molecule has 1 N–H and O–H groups in total. The van der Waals surface area contributed by atoms with Gasteiger partial charge in [-0.1, -0.05) is 13.8 Å². The first kappa shape index (κ1) is 20.5. The van der Waals surface area contributed by atoms with Gasteiger partial charge in [0.2, 0.25) is 0 Å². The van der Waals surface area contributed by atoms with Crippen molar-refractivity contribution in [3.8, 4) is 0 Å². The Kier molecular flexibility index (Phi) is 9.58. The summed E-state index contributed by atoms with van der Waals surface area (Å²) in [7, 11) is 0. The highest BCUT2D eigenvalue weighted by Crippen LogP contribution is 2.15. The number of ether oxygens (including phenoxy) is 2. The average Bonchev–Trinajstić information content (AvgIpc) is 3.12. The summed E-state index contributed by atoms with van der Waals surface area (Å²) >= 11 is 0.